The number of rotatable bonds is 3. The lowest BCUT2D eigenvalue weighted by Crippen LogP contribution is -1.91. The van der Waals surface area contributed by atoms with Crippen molar-refractivity contribution in [1.29, 1.82) is 0 Å². The summed E-state index contributed by atoms with van der Waals surface area (Å²) >= 11 is 5.88. The molecular formula is C17H13ClN2O. The molecule has 0 aliphatic rings. The van der Waals surface area contributed by atoms with E-state index in [2.05, 4.69) is 10.2 Å². The van der Waals surface area contributed by atoms with E-state index in [1.165, 1.54) is 0 Å². The van der Waals surface area contributed by atoms with E-state index in [0.29, 0.717) is 5.02 Å². The van der Waals surface area contributed by atoms with Gasteiger partial charge in [0.1, 0.15) is 5.75 Å². The Hall–Kier alpha value is -2.39. The summed E-state index contributed by atoms with van der Waals surface area (Å²) < 4.78 is 5.14. The molecule has 3 nitrogen and oxygen atoms in total. The summed E-state index contributed by atoms with van der Waals surface area (Å²) in [6.45, 7) is 0. The Kier molecular flexibility index (Phi) is 3.84. The predicted molar refractivity (Wildman–Crippen MR) is 84.5 cm³/mol. The number of aromatic nitrogens is 2. The third kappa shape index (κ3) is 3.03. The molecular weight excluding hydrogens is 284 g/mol. The van der Waals surface area contributed by atoms with Gasteiger partial charge in [-0.3, -0.25) is 0 Å². The van der Waals surface area contributed by atoms with E-state index in [4.69, 9.17) is 16.3 Å². The van der Waals surface area contributed by atoms with Crippen LogP contribution in [0.25, 0.3) is 22.5 Å². The molecule has 104 valence electrons. The van der Waals surface area contributed by atoms with Crippen LogP contribution in [0.3, 0.4) is 0 Å². The van der Waals surface area contributed by atoms with Crippen molar-refractivity contribution < 1.29 is 4.74 Å². The molecule has 0 fully saturated rings. The van der Waals surface area contributed by atoms with Crippen LogP contribution >= 0.6 is 11.6 Å². The van der Waals surface area contributed by atoms with E-state index in [1.54, 1.807) is 7.11 Å². The van der Waals surface area contributed by atoms with Gasteiger partial charge in [0.15, 0.2) is 0 Å². The Bertz CT molecular complexity index is 722. The Balaban J connectivity index is 1.87. The monoisotopic (exact) mass is 296 g/mol. The van der Waals surface area contributed by atoms with Crippen LogP contribution in [0.15, 0.2) is 60.7 Å². The average molecular weight is 297 g/mol. The Morgan fingerprint density at radius 1 is 0.714 bits per heavy atom. The van der Waals surface area contributed by atoms with Gasteiger partial charge < -0.3 is 4.74 Å². The van der Waals surface area contributed by atoms with Crippen LogP contribution in [0, 0.1) is 0 Å². The van der Waals surface area contributed by atoms with Crippen LogP contribution < -0.4 is 4.74 Å². The molecule has 0 atom stereocenters. The second-order valence-electron chi connectivity index (χ2n) is 4.54. The summed E-state index contributed by atoms with van der Waals surface area (Å²) in [5.41, 5.74) is 3.65. The number of hydrogen-bond acceptors (Lipinski definition) is 3. The van der Waals surface area contributed by atoms with Gasteiger partial charge in [0.25, 0.3) is 0 Å². The highest BCUT2D eigenvalue weighted by Gasteiger charge is 2.03. The standard InChI is InChI=1S/C17H13ClN2O/c1-21-15-8-4-13(5-9-15)17-11-10-16(19-20-17)12-2-6-14(18)7-3-12/h2-11H,1H3. The van der Waals surface area contributed by atoms with Gasteiger partial charge in [0.2, 0.25) is 0 Å². The van der Waals surface area contributed by atoms with Gasteiger partial charge in [-0.05, 0) is 48.5 Å². The molecule has 0 amide bonds. The lowest BCUT2D eigenvalue weighted by atomic mass is 10.1. The minimum Gasteiger partial charge on any atom is -0.497 e. The average Bonchev–Trinajstić information content (AvgIpc) is 2.56. The van der Waals surface area contributed by atoms with E-state index < -0.39 is 0 Å². The first kappa shape index (κ1) is 13.6. The molecule has 0 unspecified atom stereocenters. The topological polar surface area (TPSA) is 35.0 Å². The lowest BCUT2D eigenvalue weighted by Gasteiger charge is -2.04. The maximum Gasteiger partial charge on any atom is 0.118 e. The van der Waals surface area contributed by atoms with E-state index in [-0.39, 0.29) is 0 Å². The van der Waals surface area contributed by atoms with E-state index >= 15 is 0 Å². The molecule has 3 aromatic rings. The summed E-state index contributed by atoms with van der Waals surface area (Å²) in [4.78, 5) is 0. The molecule has 0 bridgehead atoms. The Morgan fingerprint density at radius 3 is 1.62 bits per heavy atom. The largest absolute Gasteiger partial charge is 0.497 e. The van der Waals surface area contributed by atoms with E-state index in [0.717, 1.165) is 28.3 Å². The smallest absolute Gasteiger partial charge is 0.118 e. The zero-order valence-corrected chi connectivity index (χ0v) is 12.2. The first-order chi connectivity index (χ1) is 10.3. The quantitative estimate of drug-likeness (QED) is 0.715. The van der Waals surface area contributed by atoms with Gasteiger partial charge >= 0.3 is 0 Å². The number of nitrogens with zero attached hydrogens (tertiary/aromatic N) is 2. The summed E-state index contributed by atoms with van der Waals surface area (Å²) in [6, 6.07) is 19.2. The van der Waals surface area contributed by atoms with Crippen molar-refractivity contribution in [2.45, 2.75) is 0 Å². The number of halogens is 1. The SMILES string of the molecule is COc1ccc(-c2ccc(-c3ccc(Cl)cc3)nn2)cc1. The van der Waals surface area contributed by atoms with Crippen molar-refractivity contribution >= 4 is 11.6 Å². The van der Waals surface area contributed by atoms with E-state index in [9.17, 15) is 0 Å². The molecule has 0 aliphatic carbocycles. The lowest BCUT2D eigenvalue weighted by molar-refractivity contribution is 0.415. The molecule has 1 heterocycles. The van der Waals surface area contributed by atoms with Gasteiger partial charge in [-0.1, -0.05) is 23.7 Å². The minimum absolute atomic E-state index is 0.710. The zero-order valence-electron chi connectivity index (χ0n) is 11.5. The van der Waals surface area contributed by atoms with Crippen LogP contribution in [0.5, 0.6) is 5.75 Å². The molecule has 0 spiro atoms. The molecule has 0 saturated heterocycles. The van der Waals surface area contributed by atoms with Crippen LogP contribution in [0.4, 0.5) is 0 Å². The highest BCUT2D eigenvalue weighted by atomic mass is 35.5. The third-order valence-electron chi connectivity index (χ3n) is 3.19. The molecule has 1 aromatic heterocycles. The fourth-order valence-corrected chi connectivity index (χ4v) is 2.15. The fourth-order valence-electron chi connectivity index (χ4n) is 2.02. The minimum atomic E-state index is 0.710. The second kappa shape index (κ2) is 5.94. The van der Waals surface area contributed by atoms with Crippen LogP contribution in [-0.2, 0) is 0 Å². The summed E-state index contributed by atoms with van der Waals surface area (Å²) in [7, 11) is 1.65. The maximum absolute atomic E-state index is 5.88. The Labute approximate surface area is 128 Å². The van der Waals surface area contributed by atoms with Gasteiger partial charge in [-0.15, -0.1) is 10.2 Å². The fraction of sp³-hybridized carbons (Fsp3) is 0.0588. The second-order valence-corrected chi connectivity index (χ2v) is 4.98. The van der Waals surface area contributed by atoms with Crippen molar-refractivity contribution in [3.8, 4) is 28.3 Å². The molecule has 0 radical (unpaired) electrons. The van der Waals surface area contributed by atoms with Crippen LogP contribution in [0.2, 0.25) is 5.02 Å². The third-order valence-corrected chi connectivity index (χ3v) is 3.44. The summed E-state index contributed by atoms with van der Waals surface area (Å²) in [6.07, 6.45) is 0. The zero-order chi connectivity index (χ0) is 14.7. The van der Waals surface area contributed by atoms with Crippen molar-refractivity contribution in [3.63, 3.8) is 0 Å². The molecule has 0 N–H and O–H groups in total. The van der Waals surface area contributed by atoms with Crippen molar-refractivity contribution in [2.24, 2.45) is 0 Å². The highest BCUT2D eigenvalue weighted by Crippen LogP contribution is 2.23. The predicted octanol–water partition coefficient (Wildman–Crippen LogP) is 4.47. The first-order valence-electron chi connectivity index (χ1n) is 6.50. The number of hydrogen-bond donors (Lipinski definition) is 0. The molecule has 3 rings (SSSR count). The molecule has 0 saturated carbocycles. The highest BCUT2D eigenvalue weighted by molar-refractivity contribution is 6.30. The van der Waals surface area contributed by atoms with Crippen molar-refractivity contribution in [2.75, 3.05) is 7.11 Å². The molecule has 0 aliphatic heterocycles. The Morgan fingerprint density at radius 2 is 1.19 bits per heavy atom. The van der Waals surface area contributed by atoms with E-state index in [1.807, 2.05) is 60.7 Å². The number of ether oxygens (including phenoxy) is 1. The normalized spacial score (nSPS) is 10.4. The maximum atomic E-state index is 5.88. The van der Waals surface area contributed by atoms with Crippen molar-refractivity contribution in [1.82, 2.24) is 10.2 Å². The molecule has 4 heteroatoms. The summed E-state index contributed by atoms with van der Waals surface area (Å²) in [5.74, 6) is 0.824. The number of methoxy groups -OCH3 is 1. The van der Waals surface area contributed by atoms with Gasteiger partial charge in [-0.2, -0.15) is 0 Å². The van der Waals surface area contributed by atoms with Crippen molar-refractivity contribution in [3.05, 3.63) is 65.7 Å². The van der Waals surface area contributed by atoms with Crippen LogP contribution in [0.1, 0.15) is 0 Å². The molecule has 2 aromatic carbocycles. The first-order valence-corrected chi connectivity index (χ1v) is 6.88. The van der Waals surface area contributed by atoms with Gasteiger partial charge in [-0.25, -0.2) is 0 Å². The van der Waals surface area contributed by atoms with Gasteiger partial charge in [0, 0.05) is 16.1 Å². The molecule has 21 heavy (non-hydrogen) atoms. The summed E-state index contributed by atoms with van der Waals surface area (Å²) in [5, 5.41) is 9.26. The van der Waals surface area contributed by atoms with Gasteiger partial charge in [0.05, 0.1) is 18.5 Å². The number of benzene rings is 2. The van der Waals surface area contributed by atoms with Crippen LogP contribution in [-0.4, -0.2) is 17.3 Å².